The van der Waals surface area contributed by atoms with Crippen LogP contribution >= 0.6 is 0 Å². The van der Waals surface area contributed by atoms with Crippen LogP contribution in [0.25, 0.3) is 0 Å². The van der Waals surface area contributed by atoms with E-state index >= 15 is 0 Å². The molecule has 0 spiro atoms. The van der Waals surface area contributed by atoms with Gasteiger partial charge in [-0.05, 0) is 31.4 Å². The molecule has 0 aliphatic carbocycles. The van der Waals surface area contributed by atoms with Crippen molar-refractivity contribution in [1.29, 1.82) is 0 Å². The summed E-state index contributed by atoms with van der Waals surface area (Å²) in [5.41, 5.74) is 7.74. The van der Waals surface area contributed by atoms with Crippen LogP contribution < -0.4 is 5.73 Å². The van der Waals surface area contributed by atoms with Gasteiger partial charge in [0.2, 0.25) is 5.91 Å². The Morgan fingerprint density at radius 2 is 2.11 bits per heavy atom. The van der Waals surface area contributed by atoms with Crippen molar-refractivity contribution in [3.05, 3.63) is 29.6 Å². The Morgan fingerprint density at radius 1 is 1.44 bits per heavy atom. The number of hydrogen-bond acceptors (Lipinski definition) is 3. The van der Waals surface area contributed by atoms with Crippen LogP contribution in [0, 0.1) is 12.8 Å². The first-order valence-corrected chi connectivity index (χ1v) is 6.33. The fraction of sp³-hybridized carbons (Fsp3) is 0.571. The zero-order chi connectivity index (χ0) is 13.7. The van der Waals surface area contributed by atoms with E-state index in [1.165, 1.54) is 0 Å². The normalized spacial score (nSPS) is 12.6. The number of nitrogens with zero attached hydrogens (tertiary/aromatic N) is 2. The zero-order valence-electron chi connectivity index (χ0n) is 11.7. The van der Waals surface area contributed by atoms with Gasteiger partial charge in [0.25, 0.3) is 0 Å². The predicted octanol–water partition coefficient (Wildman–Crippen LogP) is 1.72. The topological polar surface area (TPSA) is 59.2 Å². The first-order valence-electron chi connectivity index (χ1n) is 6.33. The molecule has 1 aromatic heterocycles. The van der Waals surface area contributed by atoms with Gasteiger partial charge in [0.1, 0.15) is 0 Å². The Balaban J connectivity index is 2.59. The summed E-state index contributed by atoms with van der Waals surface area (Å²) in [4.78, 5) is 18.1. The lowest BCUT2D eigenvalue weighted by molar-refractivity contribution is -0.132. The van der Waals surface area contributed by atoms with Crippen LogP contribution in [0.2, 0.25) is 0 Å². The van der Waals surface area contributed by atoms with Gasteiger partial charge in [-0.2, -0.15) is 0 Å². The molecule has 0 aliphatic rings. The Labute approximate surface area is 109 Å². The van der Waals surface area contributed by atoms with E-state index in [0.717, 1.165) is 11.4 Å². The molecule has 0 bridgehead atoms. The van der Waals surface area contributed by atoms with Crippen molar-refractivity contribution in [2.24, 2.45) is 11.7 Å². The summed E-state index contributed by atoms with van der Waals surface area (Å²) in [6.45, 7) is 6.58. The molecule has 1 atom stereocenters. The monoisotopic (exact) mass is 249 g/mol. The van der Waals surface area contributed by atoms with E-state index in [4.69, 9.17) is 5.73 Å². The standard InChI is InChI=1S/C14H23N3O/c1-10(2)8-13(15)14(18)17(4)9-12-7-5-6-11(3)16-12/h5-7,10,13H,8-9,15H2,1-4H3/t13-/m0/s1. The second kappa shape index (κ2) is 6.50. The third-order valence-corrected chi connectivity index (χ3v) is 2.76. The van der Waals surface area contributed by atoms with Gasteiger partial charge >= 0.3 is 0 Å². The summed E-state index contributed by atoms with van der Waals surface area (Å²) in [5, 5.41) is 0. The molecule has 0 aliphatic heterocycles. The number of nitrogens with two attached hydrogens (primary N) is 1. The second-order valence-corrected chi connectivity index (χ2v) is 5.20. The minimum atomic E-state index is -0.417. The maximum absolute atomic E-state index is 12.0. The van der Waals surface area contributed by atoms with Crippen molar-refractivity contribution >= 4 is 5.91 Å². The second-order valence-electron chi connectivity index (χ2n) is 5.20. The zero-order valence-corrected chi connectivity index (χ0v) is 11.7. The first kappa shape index (κ1) is 14.6. The number of rotatable bonds is 5. The Morgan fingerprint density at radius 3 is 2.67 bits per heavy atom. The average molecular weight is 249 g/mol. The van der Waals surface area contributed by atoms with Crippen LogP contribution in [0.5, 0.6) is 0 Å². The van der Waals surface area contributed by atoms with Gasteiger partial charge in [0.05, 0.1) is 18.3 Å². The van der Waals surface area contributed by atoms with Crippen LogP contribution in [0.15, 0.2) is 18.2 Å². The molecule has 1 heterocycles. The van der Waals surface area contributed by atoms with E-state index in [-0.39, 0.29) is 5.91 Å². The maximum Gasteiger partial charge on any atom is 0.239 e. The number of carbonyl (C=O) groups excluding carboxylic acids is 1. The molecule has 4 heteroatoms. The SMILES string of the molecule is Cc1cccc(CN(C)C(=O)[C@@H](N)CC(C)C)n1. The van der Waals surface area contributed by atoms with Crippen molar-refractivity contribution in [1.82, 2.24) is 9.88 Å². The highest BCUT2D eigenvalue weighted by Crippen LogP contribution is 2.07. The Kier molecular flexibility index (Phi) is 5.28. The van der Waals surface area contributed by atoms with Crippen molar-refractivity contribution in [3.63, 3.8) is 0 Å². The Bertz CT molecular complexity index is 404. The summed E-state index contributed by atoms with van der Waals surface area (Å²) in [6, 6.07) is 5.39. The molecular weight excluding hydrogens is 226 g/mol. The van der Waals surface area contributed by atoms with Gasteiger partial charge in [0, 0.05) is 12.7 Å². The lowest BCUT2D eigenvalue weighted by atomic mass is 10.0. The van der Waals surface area contributed by atoms with Crippen LogP contribution in [0.3, 0.4) is 0 Å². The predicted molar refractivity (Wildman–Crippen MR) is 72.9 cm³/mol. The number of aromatic nitrogens is 1. The molecule has 1 amide bonds. The number of hydrogen-bond donors (Lipinski definition) is 1. The van der Waals surface area contributed by atoms with Crippen LogP contribution in [-0.2, 0) is 11.3 Å². The average Bonchev–Trinajstić information content (AvgIpc) is 2.27. The van der Waals surface area contributed by atoms with Crippen molar-refractivity contribution in [2.45, 2.75) is 39.8 Å². The minimum absolute atomic E-state index is 0.0213. The van der Waals surface area contributed by atoms with Crippen molar-refractivity contribution in [3.8, 4) is 0 Å². The van der Waals surface area contributed by atoms with Crippen LogP contribution in [0.4, 0.5) is 0 Å². The largest absolute Gasteiger partial charge is 0.339 e. The molecular formula is C14H23N3O. The highest BCUT2D eigenvalue weighted by Gasteiger charge is 2.19. The smallest absolute Gasteiger partial charge is 0.239 e. The molecule has 0 radical (unpaired) electrons. The van der Waals surface area contributed by atoms with Gasteiger partial charge < -0.3 is 10.6 Å². The Hall–Kier alpha value is -1.42. The highest BCUT2D eigenvalue weighted by molar-refractivity contribution is 5.81. The number of likely N-dealkylation sites (N-methyl/N-ethyl adjacent to an activating group) is 1. The fourth-order valence-corrected chi connectivity index (χ4v) is 1.90. The van der Waals surface area contributed by atoms with Gasteiger partial charge in [-0.3, -0.25) is 9.78 Å². The summed E-state index contributed by atoms with van der Waals surface area (Å²) in [5.74, 6) is 0.404. The molecule has 4 nitrogen and oxygen atoms in total. The highest BCUT2D eigenvalue weighted by atomic mass is 16.2. The van der Waals surface area contributed by atoms with E-state index in [1.807, 2.05) is 25.1 Å². The van der Waals surface area contributed by atoms with Crippen molar-refractivity contribution in [2.75, 3.05) is 7.05 Å². The third kappa shape index (κ3) is 4.45. The van der Waals surface area contributed by atoms with Gasteiger partial charge in [-0.25, -0.2) is 0 Å². The number of pyridine rings is 1. The maximum atomic E-state index is 12.0. The van der Waals surface area contributed by atoms with Gasteiger partial charge in [-0.1, -0.05) is 19.9 Å². The molecule has 0 aromatic carbocycles. The van der Waals surface area contributed by atoms with Gasteiger partial charge in [0.15, 0.2) is 0 Å². The van der Waals surface area contributed by atoms with E-state index in [0.29, 0.717) is 18.9 Å². The molecule has 0 saturated carbocycles. The fourth-order valence-electron chi connectivity index (χ4n) is 1.90. The molecule has 2 N–H and O–H groups in total. The number of amides is 1. The quantitative estimate of drug-likeness (QED) is 0.864. The van der Waals surface area contributed by atoms with Gasteiger partial charge in [-0.15, -0.1) is 0 Å². The lowest BCUT2D eigenvalue weighted by Gasteiger charge is -2.22. The number of carbonyl (C=O) groups is 1. The summed E-state index contributed by atoms with van der Waals surface area (Å²) >= 11 is 0. The third-order valence-electron chi connectivity index (χ3n) is 2.76. The molecule has 100 valence electrons. The van der Waals surface area contributed by atoms with E-state index in [1.54, 1.807) is 11.9 Å². The van der Waals surface area contributed by atoms with E-state index in [2.05, 4.69) is 18.8 Å². The molecule has 0 fully saturated rings. The summed E-state index contributed by atoms with van der Waals surface area (Å²) in [6.07, 6.45) is 0.713. The molecule has 0 unspecified atom stereocenters. The number of aryl methyl sites for hydroxylation is 1. The minimum Gasteiger partial charge on any atom is -0.339 e. The molecule has 1 rings (SSSR count). The summed E-state index contributed by atoms with van der Waals surface area (Å²) < 4.78 is 0. The molecule has 18 heavy (non-hydrogen) atoms. The van der Waals surface area contributed by atoms with E-state index < -0.39 is 6.04 Å². The van der Waals surface area contributed by atoms with E-state index in [9.17, 15) is 4.79 Å². The molecule has 0 saturated heterocycles. The first-order chi connectivity index (χ1) is 8.40. The van der Waals surface area contributed by atoms with Crippen molar-refractivity contribution < 1.29 is 4.79 Å². The summed E-state index contributed by atoms with van der Waals surface area (Å²) in [7, 11) is 1.77. The van der Waals surface area contributed by atoms with Crippen LogP contribution in [0.1, 0.15) is 31.7 Å². The molecule has 1 aromatic rings. The van der Waals surface area contributed by atoms with Crippen LogP contribution in [-0.4, -0.2) is 28.9 Å². The lowest BCUT2D eigenvalue weighted by Crippen LogP contribution is -2.42.